The van der Waals surface area contributed by atoms with Gasteiger partial charge in [-0.2, -0.15) is 0 Å². The molecular weight excluding hydrogens is 322 g/mol. The van der Waals surface area contributed by atoms with Crippen molar-refractivity contribution in [2.45, 2.75) is 0 Å². The van der Waals surface area contributed by atoms with E-state index in [4.69, 9.17) is 0 Å². The van der Waals surface area contributed by atoms with Crippen LogP contribution in [0.2, 0.25) is 0 Å². The van der Waals surface area contributed by atoms with E-state index in [0.29, 0.717) is 0 Å². The Labute approximate surface area is 112 Å². The molecule has 86 valence electrons. The van der Waals surface area contributed by atoms with E-state index in [9.17, 15) is 0 Å². The fourth-order valence-electron chi connectivity index (χ4n) is 0.905. The third-order valence-electron chi connectivity index (χ3n) is 1.44. The maximum absolute atomic E-state index is 3.30. The van der Waals surface area contributed by atoms with Gasteiger partial charge in [-0.3, -0.25) is 0 Å². The van der Waals surface area contributed by atoms with Gasteiger partial charge in [0.2, 0.25) is 0 Å². The fraction of sp³-hybridized carbons (Fsp3) is 1.00. The molecule has 3 nitrogen and oxygen atoms in total. The van der Waals surface area contributed by atoms with Gasteiger partial charge in [0, 0.05) is 58.7 Å². The molecule has 0 radical (unpaired) electrons. The van der Waals surface area contributed by atoms with E-state index in [2.05, 4.69) is 16.0 Å². The monoisotopic (exact) mass is 336 g/mol. The largest absolute Gasteiger partial charge is 1.00 e. The summed E-state index contributed by atoms with van der Waals surface area (Å²) in [6.45, 7) is 6.59. The zero-order valence-electron chi connectivity index (χ0n) is 7.23. The fourth-order valence-corrected chi connectivity index (χ4v) is 0.905. The van der Waals surface area contributed by atoms with E-state index in [1.807, 2.05) is 0 Å². The van der Waals surface area contributed by atoms with Crippen molar-refractivity contribution in [3.05, 3.63) is 0 Å². The summed E-state index contributed by atoms with van der Waals surface area (Å²) in [5.41, 5.74) is 0. The first-order chi connectivity index (χ1) is 4.50. The van der Waals surface area contributed by atoms with E-state index in [1.54, 1.807) is 0 Å². The molecule has 0 unspecified atom stereocenters. The van der Waals surface area contributed by atoms with E-state index in [1.165, 1.54) is 0 Å². The van der Waals surface area contributed by atoms with Gasteiger partial charge in [0.15, 0.2) is 0 Å². The van der Waals surface area contributed by atoms with Crippen molar-refractivity contribution in [3.63, 3.8) is 0 Å². The molecule has 1 heterocycles. The minimum absolute atomic E-state index is 0. The minimum Gasteiger partial charge on any atom is -1.00 e. The Kier molecular flexibility index (Phi) is 35.0. The van der Waals surface area contributed by atoms with Gasteiger partial charge in [-0.25, -0.2) is 0 Å². The first-order valence-electron chi connectivity index (χ1n) is 3.62. The average Bonchev–Trinajstić information content (AvgIpc) is 2.00. The Hall–Kier alpha value is 1.37. The van der Waals surface area contributed by atoms with Gasteiger partial charge in [-0.1, -0.05) is 0 Å². The maximum atomic E-state index is 3.30. The molecule has 1 rings (SSSR count). The van der Waals surface area contributed by atoms with Crippen molar-refractivity contribution in [1.82, 2.24) is 16.0 Å². The Bertz CT molecular complexity index is 51.6. The Morgan fingerprint density at radius 2 is 0.615 bits per heavy atom. The molecule has 0 aromatic rings. The number of rotatable bonds is 0. The van der Waals surface area contributed by atoms with Crippen molar-refractivity contribution < 1.29 is 56.7 Å². The summed E-state index contributed by atoms with van der Waals surface area (Å²) < 4.78 is 0. The molecule has 0 saturated carbocycles. The van der Waals surface area contributed by atoms with Crippen LogP contribution in [0.3, 0.4) is 0 Å². The molecule has 0 atom stereocenters. The van der Waals surface area contributed by atoms with Crippen LogP contribution in [0.5, 0.6) is 0 Å². The SMILES string of the molecule is C1CNCCNCCN1.[Cl-].[Cl-].[Cl-].[Ru]. The average molecular weight is 337 g/mol. The smallest absolute Gasteiger partial charge is 0.00772 e. The van der Waals surface area contributed by atoms with Gasteiger partial charge in [0.25, 0.3) is 0 Å². The third kappa shape index (κ3) is 16.1. The summed E-state index contributed by atoms with van der Waals surface area (Å²) in [4.78, 5) is 0. The maximum Gasteiger partial charge on any atom is 0.00772 e. The van der Waals surface area contributed by atoms with Crippen molar-refractivity contribution >= 4 is 0 Å². The molecule has 1 aliphatic heterocycles. The predicted octanol–water partition coefficient (Wildman–Crippen LogP) is -10.2. The molecule has 0 aromatic heterocycles. The van der Waals surface area contributed by atoms with Crippen LogP contribution >= 0.6 is 0 Å². The molecular formula is C6H15Cl3N3Ru-3. The van der Waals surface area contributed by atoms with Gasteiger partial charge >= 0.3 is 0 Å². The second-order valence-corrected chi connectivity index (χ2v) is 2.25. The van der Waals surface area contributed by atoms with Crippen molar-refractivity contribution in [3.8, 4) is 0 Å². The third-order valence-corrected chi connectivity index (χ3v) is 1.44. The summed E-state index contributed by atoms with van der Waals surface area (Å²) >= 11 is 0. The molecule has 1 fully saturated rings. The van der Waals surface area contributed by atoms with E-state index in [0.717, 1.165) is 39.3 Å². The molecule has 0 amide bonds. The molecule has 1 aliphatic rings. The predicted molar refractivity (Wildman–Crippen MR) is 38.6 cm³/mol. The van der Waals surface area contributed by atoms with Gasteiger partial charge in [0.1, 0.15) is 0 Å². The number of hydrogen-bond acceptors (Lipinski definition) is 3. The van der Waals surface area contributed by atoms with Gasteiger partial charge in [0.05, 0.1) is 0 Å². The Morgan fingerprint density at radius 1 is 0.462 bits per heavy atom. The van der Waals surface area contributed by atoms with E-state index in [-0.39, 0.29) is 56.7 Å². The normalized spacial score (nSPS) is 16.6. The first-order valence-corrected chi connectivity index (χ1v) is 3.62. The van der Waals surface area contributed by atoms with Crippen LogP contribution in [0.15, 0.2) is 0 Å². The van der Waals surface area contributed by atoms with Crippen LogP contribution < -0.4 is 53.2 Å². The van der Waals surface area contributed by atoms with Crippen LogP contribution in [0.1, 0.15) is 0 Å². The first kappa shape index (κ1) is 23.9. The summed E-state index contributed by atoms with van der Waals surface area (Å²) in [5.74, 6) is 0. The number of hydrogen-bond donors (Lipinski definition) is 3. The second kappa shape index (κ2) is 19.0. The van der Waals surface area contributed by atoms with Gasteiger partial charge in [-0.05, 0) is 0 Å². The van der Waals surface area contributed by atoms with Crippen molar-refractivity contribution in [2.75, 3.05) is 39.3 Å². The quantitative estimate of drug-likeness (QED) is 0.385. The van der Waals surface area contributed by atoms with Crippen LogP contribution in [0, 0.1) is 0 Å². The second-order valence-electron chi connectivity index (χ2n) is 2.25. The van der Waals surface area contributed by atoms with Gasteiger partial charge in [-0.15, -0.1) is 0 Å². The molecule has 0 aliphatic carbocycles. The summed E-state index contributed by atoms with van der Waals surface area (Å²) in [5, 5.41) is 9.91. The van der Waals surface area contributed by atoms with Gasteiger partial charge < -0.3 is 53.2 Å². The number of halogens is 3. The van der Waals surface area contributed by atoms with Crippen LogP contribution in [-0.2, 0) is 19.5 Å². The minimum atomic E-state index is 0. The number of nitrogens with one attached hydrogen (secondary N) is 3. The molecule has 0 bridgehead atoms. The van der Waals surface area contributed by atoms with Crippen LogP contribution in [0.4, 0.5) is 0 Å². The molecule has 13 heavy (non-hydrogen) atoms. The van der Waals surface area contributed by atoms with E-state index < -0.39 is 0 Å². The standard InChI is InChI=1S/C6H15N3.3ClH.Ru/c1-2-8-5-6-9-4-3-7-1;;;;/h7-9H,1-6H2;3*1H;/p-3. The molecule has 7 heteroatoms. The van der Waals surface area contributed by atoms with Crippen LogP contribution in [-0.4, -0.2) is 39.3 Å². The Balaban J connectivity index is -0.000000101. The summed E-state index contributed by atoms with van der Waals surface area (Å²) in [6, 6.07) is 0. The topological polar surface area (TPSA) is 36.1 Å². The molecule has 0 spiro atoms. The molecule has 0 aromatic carbocycles. The zero-order chi connectivity index (χ0) is 6.36. The van der Waals surface area contributed by atoms with Crippen LogP contribution in [0.25, 0.3) is 0 Å². The summed E-state index contributed by atoms with van der Waals surface area (Å²) in [7, 11) is 0. The summed E-state index contributed by atoms with van der Waals surface area (Å²) in [6.07, 6.45) is 0. The Morgan fingerprint density at radius 3 is 0.769 bits per heavy atom. The van der Waals surface area contributed by atoms with E-state index >= 15 is 0 Å². The van der Waals surface area contributed by atoms with Crippen molar-refractivity contribution in [1.29, 1.82) is 0 Å². The zero-order valence-corrected chi connectivity index (χ0v) is 11.2. The molecule has 1 saturated heterocycles. The molecule has 3 N–H and O–H groups in total. The van der Waals surface area contributed by atoms with Crippen molar-refractivity contribution in [2.24, 2.45) is 0 Å².